The first-order valence-electron chi connectivity index (χ1n) is 12.7. The standard InChI is InChI=1S/C32H39NO4/c1-29(2,3)31(28(36)37,23-22-27(34)35)33(30(4,5)6)32(24-16-10-7-11-17-24,25-18-12-8-13-19-25)26-20-14-9-15-21-26/h7-21H,22-23H2,1-6H3,(H,34,35)(H,36,37)/t31-/m0/s1. The average Bonchev–Trinajstić information content (AvgIpc) is 2.84. The van der Waals surface area contributed by atoms with Crippen molar-refractivity contribution < 1.29 is 19.8 Å². The van der Waals surface area contributed by atoms with Gasteiger partial charge in [0.05, 0.1) is 5.54 Å². The molecule has 0 bridgehead atoms. The average molecular weight is 502 g/mol. The van der Waals surface area contributed by atoms with Gasteiger partial charge in [0.1, 0.15) is 5.54 Å². The van der Waals surface area contributed by atoms with Crippen molar-refractivity contribution in [1.29, 1.82) is 0 Å². The minimum absolute atomic E-state index is 0.0628. The Morgan fingerprint density at radius 2 is 1.00 bits per heavy atom. The van der Waals surface area contributed by atoms with Gasteiger partial charge in [-0.05, 0) is 49.3 Å². The van der Waals surface area contributed by atoms with E-state index in [9.17, 15) is 19.8 Å². The predicted molar refractivity (Wildman–Crippen MR) is 147 cm³/mol. The van der Waals surface area contributed by atoms with E-state index in [4.69, 9.17) is 0 Å². The van der Waals surface area contributed by atoms with E-state index in [0.717, 1.165) is 16.7 Å². The lowest BCUT2D eigenvalue weighted by atomic mass is 9.62. The van der Waals surface area contributed by atoms with E-state index in [2.05, 4.69) is 4.90 Å². The first-order valence-corrected chi connectivity index (χ1v) is 12.7. The van der Waals surface area contributed by atoms with Crippen LogP contribution in [-0.2, 0) is 15.1 Å². The highest BCUT2D eigenvalue weighted by molar-refractivity contribution is 5.82. The van der Waals surface area contributed by atoms with Crippen molar-refractivity contribution in [2.45, 2.75) is 71.0 Å². The smallest absolute Gasteiger partial charge is 0.324 e. The fourth-order valence-corrected chi connectivity index (χ4v) is 5.92. The summed E-state index contributed by atoms with van der Waals surface area (Å²) in [6, 6.07) is 29.8. The third kappa shape index (κ3) is 5.05. The molecule has 0 aromatic heterocycles. The molecule has 196 valence electrons. The lowest BCUT2D eigenvalue weighted by Gasteiger charge is -2.62. The van der Waals surface area contributed by atoms with E-state index < -0.39 is 34.0 Å². The minimum atomic E-state index is -1.56. The number of carboxylic acid groups (broad SMARTS) is 2. The van der Waals surface area contributed by atoms with Crippen LogP contribution in [0.3, 0.4) is 0 Å². The Kier molecular flexibility index (Phi) is 7.99. The molecule has 5 heteroatoms. The molecule has 5 nitrogen and oxygen atoms in total. The van der Waals surface area contributed by atoms with Crippen LogP contribution in [0.5, 0.6) is 0 Å². The van der Waals surface area contributed by atoms with Crippen molar-refractivity contribution in [3.63, 3.8) is 0 Å². The van der Waals surface area contributed by atoms with Crippen LogP contribution in [-0.4, -0.2) is 38.1 Å². The van der Waals surface area contributed by atoms with Crippen LogP contribution >= 0.6 is 0 Å². The van der Waals surface area contributed by atoms with E-state index in [1.807, 2.05) is 133 Å². The number of hydrogen-bond acceptors (Lipinski definition) is 3. The number of benzene rings is 3. The molecule has 3 aromatic rings. The van der Waals surface area contributed by atoms with Crippen molar-refractivity contribution in [3.8, 4) is 0 Å². The summed E-state index contributed by atoms with van der Waals surface area (Å²) < 4.78 is 0. The van der Waals surface area contributed by atoms with E-state index in [1.54, 1.807) is 0 Å². The number of nitrogens with zero attached hydrogens (tertiary/aromatic N) is 1. The van der Waals surface area contributed by atoms with Gasteiger partial charge in [-0.3, -0.25) is 14.5 Å². The van der Waals surface area contributed by atoms with Gasteiger partial charge in [0.25, 0.3) is 0 Å². The number of carbonyl (C=O) groups is 2. The summed E-state index contributed by atoms with van der Waals surface area (Å²) in [5.74, 6) is -2.06. The van der Waals surface area contributed by atoms with E-state index in [0.29, 0.717) is 0 Å². The highest BCUT2D eigenvalue weighted by Gasteiger charge is 2.63. The maximum atomic E-state index is 13.7. The first-order chi connectivity index (χ1) is 17.3. The van der Waals surface area contributed by atoms with Crippen LogP contribution in [0.4, 0.5) is 0 Å². The van der Waals surface area contributed by atoms with Gasteiger partial charge in [-0.15, -0.1) is 0 Å². The minimum Gasteiger partial charge on any atom is -0.481 e. The Labute approximate surface area is 220 Å². The molecule has 0 heterocycles. The van der Waals surface area contributed by atoms with Crippen LogP contribution < -0.4 is 0 Å². The summed E-state index contributed by atoms with van der Waals surface area (Å²) in [5.41, 5.74) is -1.44. The molecule has 0 spiro atoms. The van der Waals surface area contributed by atoms with Crippen molar-refractivity contribution in [2.75, 3.05) is 0 Å². The second-order valence-electron chi connectivity index (χ2n) is 11.6. The van der Waals surface area contributed by atoms with Crippen LogP contribution in [0, 0.1) is 5.41 Å². The zero-order chi connectivity index (χ0) is 27.5. The molecular weight excluding hydrogens is 462 g/mol. The largest absolute Gasteiger partial charge is 0.481 e. The van der Waals surface area contributed by atoms with Gasteiger partial charge in [0.2, 0.25) is 0 Å². The molecule has 0 radical (unpaired) electrons. The Morgan fingerprint density at radius 3 is 1.24 bits per heavy atom. The molecule has 0 aliphatic carbocycles. The zero-order valence-corrected chi connectivity index (χ0v) is 22.7. The second-order valence-corrected chi connectivity index (χ2v) is 11.6. The van der Waals surface area contributed by atoms with Crippen LogP contribution in [0.1, 0.15) is 71.1 Å². The molecular formula is C32H39NO4. The monoisotopic (exact) mass is 501 g/mol. The lowest BCUT2D eigenvalue weighted by molar-refractivity contribution is -0.180. The molecule has 0 aliphatic rings. The summed E-state index contributed by atoms with van der Waals surface area (Å²) >= 11 is 0. The maximum Gasteiger partial charge on any atom is 0.324 e. The lowest BCUT2D eigenvalue weighted by Crippen LogP contribution is -2.73. The summed E-state index contributed by atoms with van der Waals surface area (Å²) in [7, 11) is 0. The molecule has 3 rings (SSSR count). The molecule has 0 aliphatic heterocycles. The van der Waals surface area contributed by atoms with Crippen LogP contribution in [0.15, 0.2) is 91.0 Å². The SMILES string of the molecule is CC(C)(C)N(C(c1ccccc1)(c1ccccc1)c1ccccc1)[C@@](CCC(=O)O)(C(=O)O)C(C)(C)C. The van der Waals surface area contributed by atoms with Gasteiger partial charge in [-0.2, -0.15) is 0 Å². The Balaban J connectivity index is 2.65. The van der Waals surface area contributed by atoms with E-state index >= 15 is 0 Å². The molecule has 0 unspecified atom stereocenters. The Morgan fingerprint density at radius 1 is 0.649 bits per heavy atom. The maximum absolute atomic E-state index is 13.7. The number of rotatable bonds is 9. The summed E-state index contributed by atoms with van der Waals surface area (Å²) in [6.45, 7) is 11.7. The highest BCUT2D eigenvalue weighted by Crippen LogP contribution is 2.55. The van der Waals surface area contributed by atoms with Gasteiger partial charge in [0, 0.05) is 12.0 Å². The molecule has 0 saturated carbocycles. The molecule has 0 amide bonds. The topological polar surface area (TPSA) is 77.8 Å². The molecule has 0 fully saturated rings. The fraction of sp³-hybridized carbons (Fsp3) is 0.375. The summed E-state index contributed by atoms with van der Waals surface area (Å²) in [4.78, 5) is 27.7. The number of hydrogen-bond donors (Lipinski definition) is 2. The molecule has 1 atom stereocenters. The highest BCUT2D eigenvalue weighted by atomic mass is 16.4. The third-order valence-corrected chi connectivity index (χ3v) is 7.26. The van der Waals surface area contributed by atoms with Gasteiger partial charge in [-0.25, -0.2) is 0 Å². The van der Waals surface area contributed by atoms with Crippen molar-refractivity contribution in [3.05, 3.63) is 108 Å². The van der Waals surface area contributed by atoms with E-state index in [1.165, 1.54) is 0 Å². The number of aliphatic carboxylic acids is 2. The third-order valence-electron chi connectivity index (χ3n) is 7.26. The Bertz CT molecular complexity index is 1100. The molecule has 3 aromatic carbocycles. The van der Waals surface area contributed by atoms with Gasteiger partial charge >= 0.3 is 11.9 Å². The van der Waals surface area contributed by atoms with Crippen LogP contribution in [0.25, 0.3) is 0 Å². The van der Waals surface area contributed by atoms with Gasteiger partial charge < -0.3 is 10.2 Å². The van der Waals surface area contributed by atoms with E-state index in [-0.39, 0.29) is 12.8 Å². The second kappa shape index (κ2) is 10.5. The van der Waals surface area contributed by atoms with Crippen molar-refractivity contribution >= 4 is 11.9 Å². The molecule has 2 N–H and O–H groups in total. The van der Waals surface area contributed by atoms with Gasteiger partial charge in [0.15, 0.2) is 0 Å². The predicted octanol–water partition coefficient (Wildman–Crippen LogP) is 6.81. The zero-order valence-electron chi connectivity index (χ0n) is 22.7. The van der Waals surface area contributed by atoms with Crippen molar-refractivity contribution in [1.82, 2.24) is 4.90 Å². The summed E-state index contributed by atoms with van der Waals surface area (Å²) in [6.07, 6.45) is -0.336. The van der Waals surface area contributed by atoms with Crippen molar-refractivity contribution in [2.24, 2.45) is 5.41 Å². The quantitative estimate of drug-likeness (QED) is 0.315. The van der Waals surface area contributed by atoms with Crippen LogP contribution in [0.2, 0.25) is 0 Å². The fourth-order valence-electron chi connectivity index (χ4n) is 5.92. The molecule has 37 heavy (non-hydrogen) atoms. The molecule has 0 saturated heterocycles. The number of carboxylic acids is 2. The normalized spacial score (nSPS) is 14.2. The first kappa shape index (κ1) is 28.1. The summed E-state index contributed by atoms with van der Waals surface area (Å²) in [5, 5.41) is 20.9. The Hall–Kier alpha value is -3.44. The van der Waals surface area contributed by atoms with Gasteiger partial charge in [-0.1, -0.05) is 112 Å².